The summed E-state index contributed by atoms with van der Waals surface area (Å²) in [5.74, 6) is 0.0732. The zero-order valence-corrected chi connectivity index (χ0v) is 11.4. The van der Waals surface area contributed by atoms with Crippen molar-refractivity contribution in [2.24, 2.45) is 0 Å². The maximum absolute atomic E-state index is 11.6. The van der Waals surface area contributed by atoms with Crippen LogP contribution in [0.5, 0.6) is 0 Å². The van der Waals surface area contributed by atoms with E-state index in [1.54, 1.807) is 0 Å². The van der Waals surface area contributed by atoms with Gasteiger partial charge < -0.3 is 15.0 Å². The zero-order chi connectivity index (χ0) is 13.7. The maximum atomic E-state index is 11.6. The van der Waals surface area contributed by atoms with E-state index in [0.717, 1.165) is 30.0 Å². The van der Waals surface area contributed by atoms with E-state index in [1.807, 2.05) is 42.8 Å². The van der Waals surface area contributed by atoms with Crippen molar-refractivity contribution >= 4 is 11.6 Å². The number of hydrogen-bond acceptors (Lipinski definition) is 3. The van der Waals surface area contributed by atoms with E-state index < -0.39 is 0 Å². The number of nitrogens with zero attached hydrogens (tertiary/aromatic N) is 2. The molecule has 5 nitrogen and oxygen atoms in total. The highest BCUT2D eigenvalue weighted by atomic mass is 16.1. The number of carbonyl (C=O) groups is 1. The van der Waals surface area contributed by atoms with E-state index in [9.17, 15) is 4.79 Å². The van der Waals surface area contributed by atoms with Gasteiger partial charge in [0.1, 0.15) is 5.65 Å². The van der Waals surface area contributed by atoms with Crippen LogP contribution in [0.1, 0.15) is 24.2 Å². The first-order valence-electron chi connectivity index (χ1n) is 6.55. The summed E-state index contributed by atoms with van der Waals surface area (Å²) in [6.45, 7) is 3.38. The molecule has 2 aromatic rings. The Bertz CT molecular complexity index is 562. The fourth-order valence-electron chi connectivity index (χ4n) is 1.99. The molecule has 0 unspecified atom stereocenters. The fourth-order valence-corrected chi connectivity index (χ4v) is 1.99. The van der Waals surface area contributed by atoms with Crippen LogP contribution in [0.15, 0.2) is 24.4 Å². The van der Waals surface area contributed by atoms with Crippen LogP contribution >= 0.6 is 0 Å². The summed E-state index contributed by atoms with van der Waals surface area (Å²) in [6, 6.07) is 5.98. The molecule has 0 saturated carbocycles. The summed E-state index contributed by atoms with van der Waals surface area (Å²) in [5, 5.41) is 5.92. The van der Waals surface area contributed by atoms with Gasteiger partial charge in [-0.15, -0.1) is 0 Å². The molecule has 5 heteroatoms. The Morgan fingerprint density at radius 1 is 1.42 bits per heavy atom. The Labute approximate surface area is 113 Å². The number of rotatable bonds is 6. The van der Waals surface area contributed by atoms with E-state index in [1.165, 1.54) is 0 Å². The molecule has 2 N–H and O–H groups in total. The van der Waals surface area contributed by atoms with Crippen molar-refractivity contribution in [2.75, 3.05) is 13.6 Å². The minimum Gasteiger partial charge on any atom is -0.350 e. The van der Waals surface area contributed by atoms with Gasteiger partial charge in [0, 0.05) is 18.3 Å². The van der Waals surface area contributed by atoms with Gasteiger partial charge in [0.05, 0.1) is 12.2 Å². The molecule has 2 rings (SSSR count). The molecule has 2 aromatic heterocycles. The molecular weight excluding hydrogens is 240 g/mol. The normalized spacial score (nSPS) is 10.8. The lowest BCUT2D eigenvalue weighted by Crippen LogP contribution is -2.23. The lowest BCUT2D eigenvalue weighted by Gasteiger charge is -2.02. The van der Waals surface area contributed by atoms with E-state index in [4.69, 9.17) is 0 Å². The number of aryl methyl sites for hydroxylation is 1. The number of fused-ring (bicyclic) bond motifs is 1. The Kier molecular flexibility index (Phi) is 4.52. The molecule has 19 heavy (non-hydrogen) atoms. The summed E-state index contributed by atoms with van der Waals surface area (Å²) in [7, 11) is 1.89. The van der Waals surface area contributed by atoms with Gasteiger partial charge >= 0.3 is 0 Å². The highest BCUT2D eigenvalue weighted by molar-refractivity contribution is 5.75. The van der Waals surface area contributed by atoms with E-state index in [2.05, 4.69) is 15.6 Å². The molecular formula is C14H20N4O. The van der Waals surface area contributed by atoms with Gasteiger partial charge in [0.15, 0.2) is 0 Å². The molecule has 0 bridgehead atoms. The maximum Gasteiger partial charge on any atom is 0.220 e. The molecule has 0 fully saturated rings. The second-order valence-corrected chi connectivity index (χ2v) is 4.61. The van der Waals surface area contributed by atoms with Gasteiger partial charge in [-0.3, -0.25) is 4.79 Å². The highest BCUT2D eigenvalue weighted by Crippen LogP contribution is 2.08. The molecule has 0 radical (unpaired) electrons. The second-order valence-electron chi connectivity index (χ2n) is 4.61. The number of pyridine rings is 1. The van der Waals surface area contributed by atoms with E-state index in [0.29, 0.717) is 13.0 Å². The van der Waals surface area contributed by atoms with Crippen molar-refractivity contribution in [3.05, 3.63) is 35.8 Å². The van der Waals surface area contributed by atoms with Crippen molar-refractivity contribution in [1.29, 1.82) is 0 Å². The second kappa shape index (κ2) is 6.33. The van der Waals surface area contributed by atoms with Crippen molar-refractivity contribution in [2.45, 2.75) is 26.3 Å². The van der Waals surface area contributed by atoms with Crippen molar-refractivity contribution < 1.29 is 4.79 Å². The predicted molar refractivity (Wildman–Crippen MR) is 74.9 cm³/mol. The topological polar surface area (TPSA) is 58.4 Å². The third kappa shape index (κ3) is 3.54. The number of nitrogens with one attached hydrogen (secondary N) is 2. The van der Waals surface area contributed by atoms with E-state index in [-0.39, 0.29) is 5.91 Å². The van der Waals surface area contributed by atoms with Crippen LogP contribution in [-0.4, -0.2) is 28.9 Å². The minimum atomic E-state index is 0.0732. The molecule has 2 heterocycles. The molecule has 1 amide bonds. The molecule has 0 aromatic carbocycles. The number of imidazole rings is 1. The number of aromatic nitrogens is 2. The van der Waals surface area contributed by atoms with Gasteiger partial charge in [-0.1, -0.05) is 6.07 Å². The Morgan fingerprint density at radius 2 is 2.26 bits per heavy atom. The SMILES string of the molecule is CNCCCC(=O)NCc1cn2c(C)cccc2n1. The van der Waals surface area contributed by atoms with Gasteiger partial charge in [0.25, 0.3) is 0 Å². The van der Waals surface area contributed by atoms with Gasteiger partial charge in [0.2, 0.25) is 5.91 Å². The third-order valence-electron chi connectivity index (χ3n) is 3.04. The van der Waals surface area contributed by atoms with Crippen LogP contribution in [0.25, 0.3) is 5.65 Å². The summed E-state index contributed by atoms with van der Waals surface area (Å²) in [6.07, 6.45) is 3.37. The van der Waals surface area contributed by atoms with Gasteiger partial charge in [-0.25, -0.2) is 4.98 Å². The smallest absolute Gasteiger partial charge is 0.220 e. The summed E-state index contributed by atoms with van der Waals surface area (Å²) < 4.78 is 2.03. The molecule has 0 saturated heterocycles. The monoisotopic (exact) mass is 260 g/mol. The number of hydrogen-bond donors (Lipinski definition) is 2. The molecule has 0 aliphatic carbocycles. The predicted octanol–water partition coefficient (Wildman–Crippen LogP) is 1.26. The van der Waals surface area contributed by atoms with Crippen LogP contribution in [-0.2, 0) is 11.3 Å². The number of carbonyl (C=O) groups excluding carboxylic acids is 1. The molecule has 0 aliphatic rings. The first-order valence-corrected chi connectivity index (χ1v) is 6.55. The first kappa shape index (κ1) is 13.5. The lowest BCUT2D eigenvalue weighted by atomic mass is 10.3. The fraction of sp³-hybridized carbons (Fsp3) is 0.429. The summed E-state index contributed by atoms with van der Waals surface area (Å²) >= 11 is 0. The lowest BCUT2D eigenvalue weighted by molar-refractivity contribution is -0.121. The van der Waals surface area contributed by atoms with Crippen LogP contribution in [0.4, 0.5) is 0 Å². The van der Waals surface area contributed by atoms with Crippen molar-refractivity contribution in [3.8, 4) is 0 Å². The molecule has 0 atom stereocenters. The summed E-state index contributed by atoms with van der Waals surface area (Å²) in [4.78, 5) is 16.1. The quantitative estimate of drug-likeness (QED) is 0.769. The number of amides is 1. The van der Waals surface area contributed by atoms with Crippen LogP contribution in [0, 0.1) is 6.92 Å². The van der Waals surface area contributed by atoms with Crippen molar-refractivity contribution in [3.63, 3.8) is 0 Å². The third-order valence-corrected chi connectivity index (χ3v) is 3.04. The first-order chi connectivity index (χ1) is 9.20. The average molecular weight is 260 g/mol. The Balaban J connectivity index is 1.91. The Hall–Kier alpha value is -1.88. The standard InChI is InChI=1S/C14H20N4O/c1-11-5-3-6-13-17-12(10-18(11)13)9-16-14(19)7-4-8-15-2/h3,5-6,10,15H,4,7-9H2,1-2H3,(H,16,19). The van der Waals surface area contributed by atoms with Gasteiger partial charge in [-0.2, -0.15) is 0 Å². The van der Waals surface area contributed by atoms with Crippen molar-refractivity contribution in [1.82, 2.24) is 20.0 Å². The van der Waals surface area contributed by atoms with Crippen LogP contribution in [0.2, 0.25) is 0 Å². The van der Waals surface area contributed by atoms with E-state index >= 15 is 0 Å². The summed E-state index contributed by atoms with van der Waals surface area (Å²) in [5.41, 5.74) is 2.94. The van der Waals surface area contributed by atoms with Crippen LogP contribution in [0.3, 0.4) is 0 Å². The highest BCUT2D eigenvalue weighted by Gasteiger charge is 2.05. The largest absolute Gasteiger partial charge is 0.350 e. The molecule has 102 valence electrons. The average Bonchev–Trinajstić information content (AvgIpc) is 2.81. The van der Waals surface area contributed by atoms with Crippen LogP contribution < -0.4 is 10.6 Å². The zero-order valence-electron chi connectivity index (χ0n) is 11.4. The Morgan fingerprint density at radius 3 is 3.00 bits per heavy atom. The van der Waals surface area contributed by atoms with Gasteiger partial charge in [-0.05, 0) is 39.1 Å². The molecule has 0 aliphatic heterocycles. The minimum absolute atomic E-state index is 0.0732. The molecule has 0 spiro atoms.